The van der Waals surface area contributed by atoms with Crippen LogP contribution in [0.1, 0.15) is 28.5 Å². The fourth-order valence-electron chi connectivity index (χ4n) is 2.15. The number of nitrogens with one attached hydrogen (secondary N) is 2. The van der Waals surface area contributed by atoms with E-state index in [0.717, 1.165) is 5.56 Å². The standard InChI is InChI=1S/C14H13F3N2O3/c1-2-7-3-4-10-8(5-7)9(11(19-10)12(20)21)6-18-13(22)14(15,16)17/h3-5,19H,2,6H2,1H3,(H,18,22)(H,20,21). The Morgan fingerprint density at radius 1 is 1.32 bits per heavy atom. The van der Waals surface area contributed by atoms with Gasteiger partial charge in [-0.3, -0.25) is 4.79 Å². The maximum Gasteiger partial charge on any atom is 0.471 e. The number of fused-ring (bicyclic) bond motifs is 1. The van der Waals surface area contributed by atoms with E-state index < -0.39 is 24.6 Å². The van der Waals surface area contributed by atoms with Gasteiger partial charge in [0.25, 0.3) is 0 Å². The van der Waals surface area contributed by atoms with Crippen LogP contribution >= 0.6 is 0 Å². The number of hydrogen-bond acceptors (Lipinski definition) is 2. The lowest BCUT2D eigenvalue weighted by Gasteiger charge is -2.08. The van der Waals surface area contributed by atoms with Crippen LogP contribution in [0.25, 0.3) is 10.9 Å². The van der Waals surface area contributed by atoms with Crippen molar-refractivity contribution >= 4 is 22.8 Å². The van der Waals surface area contributed by atoms with Crippen molar-refractivity contribution in [3.63, 3.8) is 0 Å². The molecule has 0 atom stereocenters. The number of alkyl halides is 3. The monoisotopic (exact) mass is 314 g/mol. The van der Waals surface area contributed by atoms with Gasteiger partial charge < -0.3 is 15.4 Å². The second kappa shape index (κ2) is 5.70. The van der Waals surface area contributed by atoms with E-state index in [-0.39, 0.29) is 11.3 Å². The van der Waals surface area contributed by atoms with E-state index in [9.17, 15) is 22.8 Å². The van der Waals surface area contributed by atoms with Crippen LogP contribution in [0.5, 0.6) is 0 Å². The van der Waals surface area contributed by atoms with Crippen molar-refractivity contribution in [2.24, 2.45) is 0 Å². The van der Waals surface area contributed by atoms with Gasteiger partial charge in [-0.2, -0.15) is 13.2 Å². The Labute approximate surface area is 123 Å². The first-order valence-electron chi connectivity index (χ1n) is 6.45. The second-order valence-electron chi connectivity index (χ2n) is 4.70. The zero-order valence-electron chi connectivity index (χ0n) is 11.5. The smallest absolute Gasteiger partial charge is 0.471 e. The summed E-state index contributed by atoms with van der Waals surface area (Å²) in [4.78, 5) is 24.8. The number of carbonyl (C=O) groups is 2. The molecule has 1 amide bonds. The van der Waals surface area contributed by atoms with Gasteiger partial charge in [-0.25, -0.2) is 4.79 Å². The van der Waals surface area contributed by atoms with Crippen LogP contribution in [0.15, 0.2) is 18.2 Å². The lowest BCUT2D eigenvalue weighted by atomic mass is 10.1. The first-order chi connectivity index (χ1) is 10.2. The fourth-order valence-corrected chi connectivity index (χ4v) is 2.15. The van der Waals surface area contributed by atoms with Gasteiger partial charge in [-0.15, -0.1) is 0 Å². The topological polar surface area (TPSA) is 82.2 Å². The molecule has 2 rings (SSSR count). The van der Waals surface area contributed by atoms with Gasteiger partial charge in [0, 0.05) is 23.0 Å². The maximum absolute atomic E-state index is 12.2. The molecule has 8 heteroatoms. The van der Waals surface area contributed by atoms with Crippen LogP contribution in [-0.2, 0) is 17.8 Å². The molecule has 0 aliphatic carbocycles. The average Bonchev–Trinajstić information content (AvgIpc) is 2.81. The predicted octanol–water partition coefficient (Wildman–Crippen LogP) is 2.61. The molecule has 0 fully saturated rings. The molecule has 0 spiro atoms. The molecule has 0 unspecified atom stereocenters. The average molecular weight is 314 g/mol. The number of benzene rings is 1. The summed E-state index contributed by atoms with van der Waals surface area (Å²) in [7, 11) is 0. The molecular weight excluding hydrogens is 301 g/mol. The summed E-state index contributed by atoms with van der Waals surface area (Å²) >= 11 is 0. The van der Waals surface area contributed by atoms with Crippen LogP contribution in [0.3, 0.4) is 0 Å². The van der Waals surface area contributed by atoms with E-state index >= 15 is 0 Å². The Bertz CT molecular complexity index is 735. The molecule has 0 bridgehead atoms. The summed E-state index contributed by atoms with van der Waals surface area (Å²) in [5.41, 5.74) is 1.29. The highest BCUT2D eigenvalue weighted by Crippen LogP contribution is 2.25. The molecule has 5 nitrogen and oxygen atoms in total. The Balaban J connectivity index is 2.43. The number of halogens is 3. The number of aryl methyl sites for hydroxylation is 1. The lowest BCUT2D eigenvalue weighted by Crippen LogP contribution is -2.36. The quantitative estimate of drug-likeness (QED) is 0.811. The van der Waals surface area contributed by atoms with Crippen molar-refractivity contribution in [2.75, 3.05) is 0 Å². The number of carbonyl (C=O) groups excluding carboxylic acids is 1. The van der Waals surface area contributed by atoms with Crippen molar-refractivity contribution in [1.29, 1.82) is 0 Å². The van der Waals surface area contributed by atoms with Crippen LogP contribution in [0, 0.1) is 0 Å². The first-order valence-corrected chi connectivity index (χ1v) is 6.45. The van der Waals surface area contributed by atoms with Gasteiger partial charge >= 0.3 is 18.1 Å². The molecule has 2 aromatic rings. The molecule has 0 aliphatic heterocycles. The highest BCUT2D eigenvalue weighted by Gasteiger charge is 2.38. The zero-order valence-corrected chi connectivity index (χ0v) is 11.5. The van der Waals surface area contributed by atoms with E-state index in [4.69, 9.17) is 5.11 Å². The van der Waals surface area contributed by atoms with Crippen molar-refractivity contribution in [1.82, 2.24) is 10.3 Å². The second-order valence-corrected chi connectivity index (χ2v) is 4.70. The Morgan fingerprint density at radius 3 is 2.55 bits per heavy atom. The third-order valence-electron chi connectivity index (χ3n) is 3.28. The molecule has 0 saturated carbocycles. The van der Waals surface area contributed by atoms with Gasteiger partial charge in [-0.1, -0.05) is 13.0 Å². The van der Waals surface area contributed by atoms with Crippen molar-refractivity contribution in [3.05, 3.63) is 35.0 Å². The third-order valence-corrected chi connectivity index (χ3v) is 3.28. The SMILES string of the molecule is CCc1ccc2[nH]c(C(=O)O)c(CNC(=O)C(F)(F)F)c2c1. The molecule has 22 heavy (non-hydrogen) atoms. The summed E-state index contributed by atoms with van der Waals surface area (Å²) in [6.45, 7) is 1.38. The van der Waals surface area contributed by atoms with Crippen molar-refractivity contribution < 1.29 is 27.9 Å². The number of amides is 1. The molecule has 3 N–H and O–H groups in total. The van der Waals surface area contributed by atoms with E-state index in [1.54, 1.807) is 23.5 Å². The number of aromatic amines is 1. The van der Waals surface area contributed by atoms with Gasteiger partial charge in [0.2, 0.25) is 0 Å². The number of aromatic nitrogens is 1. The number of carboxylic acids is 1. The van der Waals surface area contributed by atoms with E-state index in [0.29, 0.717) is 17.3 Å². The summed E-state index contributed by atoms with van der Waals surface area (Å²) in [5.74, 6) is -3.41. The highest BCUT2D eigenvalue weighted by molar-refractivity contribution is 5.98. The summed E-state index contributed by atoms with van der Waals surface area (Å²) in [6, 6.07) is 5.16. The lowest BCUT2D eigenvalue weighted by molar-refractivity contribution is -0.173. The molecule has 1 heterocycles. The molecule has 0 radical (unpaired) electrons. The van der Waals surface area contributed by atoms with E-state index in [2.05, 4.69) is 4.98 Å². The minimum atomic E-state index is -5.01. The minimum Gasteiger partial charge on any atom is -0.477 e. The molecule has 118 valence electrons. The first kappa shape index (κ1) is 15.9. The summed E-state index contributed by atoms with van der Waals surface area (Å²) in [6.07, 6.45) is -4.32. The van der Waals surface area contributed by atoms with Gasteiger partial charge in [0.05, 0.1) is 0 Å². The Kier molecular flexibility index (Phi) is 4.11. The van der Waals surface area contributed by atoms with Crippen LogP contribution in [-0.4, -0.2) is 28.1 Å². The minimum absolute atomic E-state index is 0.121. The number of carboxylic acid groups (broad SMARTS) is 1. The number of rotatable bonds is 4. The van der Waals surface area contributed by atoms with Crippen molar-refractivity contribution in [3.8, 4) is 0 Å². The molecular formula is C14H13F3N2O3. The largest absolute Gasteiger partial charge is 0.477 e. The third kappa shape index (κ3) is 3.05. The zero-order chi connectivity index (χ0) is 16.5. The molecule has 1 aromatic carbocycles. The predicted molar refractivity (Wildman–Crippen MR) is 72.5 cm³/mol. The van der Waals surface area contributed by atoms with E-state index in [1.165, 1.54) is 0 Å². The number of H-pyrrole nitrogens is 1. The Morgan fingerprint density at radius 2 is 2.00 bits per heavy atom. The summed E-state index contributed by atoms with van der Waals surface area (Å²) < 4.78 is 36.7. The normalized spacial score (nSPS) is 11.6. The van der Waals surface area contributed by atoms with Crippen LogP contribution in [0.2, 0.25) is 0 Å². The van der Waals surface area contributed by atoms with Gasteiger partial charge in [0.15, 0.2) is 0 Å². The van der Waals surface area contributed by atoms with E-state index in [1.807, 2.05) is 6.92 Å². The number of hydrogen-bond donors (Lipinski definition) is 3. The molecule has 0 saturated heterocycles. The maximum atomic E-state index is 12.2. The highest BCUT2D eigenvalue weighted by atomic mass is 19.4. The Hall–Kier alpha value is -2.51. The van der Waals surface area contributed by atoms with Crippen LogP contribution < -0.4 is 5.32 Å². The van der Waals surface area contributed by atoms with Gasteiger partial charge in [0.1, 0.15) is 5.69 Å². The molecule has 1 aromatic heterocycles. The van der Waals surface area contributed by atoms with Gasteiger partial charge in [-0.05, 0) is 24.1 Å². The molecule has 0 aliphatic rings. The summed E-state index contributed by atoms with van der Waals surface area (Å²) in [5, 5.41) is 11.3. The number of aromatic carboxylic acids is 1. The fraction of sp³-hybridized carbons (Fsp3) is 0.286. The van der Waals surface area contributed by atoms with Crippen LogP contribution in [0.4, 0.5) is 13.2 Å². The van der Waals surface area contributed by atoms with Crippen molar-refractivity contribution in [2.45, 2.75) is 26.1 Å².